The predicted octanol–water partition coefficient (Wildman–Crippen LogP) is 4.11. The van der Waals surface area contributed by atoms with Crippen molar-refractivity contribution in [2.45, 2.75) is 56.7 Å². The number of halogens is 1. The number of allylic oxidation sites excluding steroid dienone is 2. The first-order valence-electron chi connectivity index (χ1n) is 5.86. The molecule has 1 atom stereocenters. The largest absolute Gasteiger partial charge is 0.411 e. The van der Waals surface area contributed by atoms with Crippen LogP contribution in [0.5, 0.6) is 0 Å². The van der Waals surface area contributed by atoms with Crippen LogP contribution in [0.4, 0.5) is 0 Å². The van der Waals surface area contributed by atoms with E-state index in [1.54, 1.807) is 0 Å². The number of alkyl halides is 1. The van der Waals surface area contributed by atoms with Gasteiger partial charge in [-0.2, -0.15) is 0 Å². The number of hydrogen-bond donors (Lipinski definition) is 1. The van der Waals surface area contributed by atoms with E-state index in [2.05, 4.69) is 11.2 Å². The molecule has 1 aliphatic rings. The van der Waals surface area contributed by atoms with Crippen LogP contribution in [0, 0.1) is 0 Å². The fourth-order valence-corrected chi connectivity index (χ4v) is 2.10. The summed E-state index contributed by atoms with van der Waals surface area (Å²) in [4.78, 5) is 0. The van der Waals surface area contributed by atoms with Gasteiger partial charge in [-0.15, -0.1) is 11.6 Å². The van der Waals surface area contributed by atoms with Gasteiger partial charge >= 0.3 is 0 Å². The second-order valence-corrected chi connectivity index (χ2v) is 4.55. The minimum atomic E-state index is -0.227. The molecule has 15 heavy (non-hydrogen) atoms. The van der Waals surface area contributed by atoms with Crippen molar-refractivity contribution >= 4 is 17.3 Å². The van der Waals surface area contributed by atoms with E-state index in [-0.39, 0.29) is 5.38 Å². The molecule has 3 heteroatoms. The Morgan fingerprint density at radius 1 is 1.13 bits per heavy atom. The molecule has 0 bridgehead atoms. The van der Waals surface area contributed by atoms with E-state index in [9.17, 15) is 0 Å². The summed E-state index contributed by atoms with van der Waals surface area (Å²) in [5.41, 5.74) is 0.702. The zero-order valence-corrected chi connectivity index (χ0v) is 9.92. The van der Waals surface area contributed by atoms with Crippen molar-refractivity contribution in [3.05, 3.63) is 12.2 Å². The average molecular weight is 230 g/mol. The summed E-state index contributed by atoms with van der Waals surface area (Å²) in [6, 6.07) is 0. The van der Waals surface area contributed by atoms with Crippen LogP contribution in [-0.4, -0.2) is 16.3 Å². The van der Waals surface area contributed by atoms with E-state index in [0.717, 1.165) is 19.3 Å². The van der Waals surface area contributed by atoms with Crippen molar-refractivity contribution in [2.75, 3.05) is 0 Å². The highest BCUT2D eigenvalue weighted by atomic mass is 35.5. The number of nitrogens with zero attached hydrogens (tertiary/aromatic N) is 1. The topological polar surface area (TPSA) is 32.6 Å². The third-order valence-corrected chi connectivity index (χ3v) is 3.20. The van der Waals surface area contributed by atoms with Gasteiger partial charge in [0.05, 0.1) is 11.1 Å². The lowest BCUT2D eigenvalue weighted by Gasteiger charge is -2.08. The van der Waals surface area contributed by atoms with Crippen LogP contribution in [0.15, 0.2) is 17.3 Å². The summed E-state index contributed by atoms with van der Waals surface area (Å²) in [7, 11) is 0. The SMILES string of the molecule is ON=C1CCCCCCCCC=CC1Cl. The molecule has 0 saturated carbocycles. The van der Waals surface area contributed by atoms with Gasteiger partial charge in [0.1, 0.15) is 0 Å². The molecule has 1 rings (SSSR count). The maximum atomic E-state index is 8.84. The van der Waals surface area contributed by atoms with Crippen LogP contribution >= 0.6 is 11.6 Å². The van der Waals surface area contributed by atoms with Gasteiger partial charge in [-0.05, 0) is 25.7 Å². The first kappa shape index (κ1) is 12.6. The van der Waals surface area contributed by atoms with Crippen LogP contribution in [0.25, 0.3) is 0 Å². The number of rotatable bonds is 0. The van der Waals surface area contributed by atoms with Crippen molar-refractivity contribution < 1.29 is 5.21 Å². The van der Waals surface area contributed by atoms with E-state index in [0.29, 0.717) is 5.71 Å². The highest BCUT2D eigenvalue weighted by molar-refractivity contribution is 6.33. The maximum absolute atomic E-state index is 8.84. The zero-order chi connectivity index (χ0) is 10.9. The van der Waals surface area contributed by atoms with E-state index < -0.39 is 0 Å². The summed E-state index contributed by atoms with van der Waals surface area (Å²) in [6.07, 6.45) is 13.4. The van der Waals surface area contributed by atoms with E-state index in [1.807, 2.05) is 6.08 Å². The molecule has 0 aromatic carbocycles. The number of hydrogen-bond acceptors (Lipinski definition) is 2. The molecular weight excluding hydrogens is 210 g/mol. The molecule has 0 amide bonds. The van der Waals surface area contributed by atoms with Crippen molar-refractivity contribution in [1.29, 1.82) is 0 Å². The summed E-state index contributed by atoms with van der Waals surface area (Å²) >= 11 is 6.10. The van der Waals surface area contributed by atoms with Crippen molar-refractivity contribution in [3.8, 4) is 0 Å². The van der Waals surface area contributed by atoms with Crippen LogP contribution in [-0.2, 0) is 0 Å². The third-order valence-electron chi connectivity index (χ3n) is 2.81. The minimum Gasteiger partial charge on any atom is -0.411 e. The molecule has 86 valence electrons. The fourth-order valence-electron chi connectivity index (χ4n) is 1.85. The molecule has 0 spiro atoms. The van der Waals surface area contributed by atoms with Gasteiger partial charge in [-0.25, -0.2) is 0 Å². The Balaban J connectivity index is 2.50. The van der Waals surface area contributed by atoms with Gasteiger partial charge in [-0.1, -0.05) is 43.0 Å². The maximum Gasteiger partial charge on any atom is 0.0931 e. The lowest BCUT2D eigenvalue weighted by atomic mass is 10.0. The lowest BCUT2D eigenvalue weighted by molar-refractivity contribution is 0.316. The molecule has 1 N–H and O–H groups in total. The quantitative estimate of drug-likeness (QED) is 0.288. The molecule has 0 radical (unpaired) electrons. The molecule has 2 nitrogen and oxygen atoms in total. The Hall–Kier alpha value is -0.500. The molecule has 0 aromatic rings. The summed E-state index contributed by atoms with van der Waals surface area (Å²) in [6.45, 7) is 0. The molecule has 0 aliphatic heterocycles. The standard InChI is InChI=1S/C12H20ClNO/c13-11-9-7-5-3-1-2-4-6-8-10-12(11)14-15/h7,9,11,15H,1-6,8,10H2. The molecule has 0 heterocycles. The molecule has 0 saturated heterocycles. The Morgan fingerprint density at radius 3 is 2.53 bits per heavy atom. The highest BCUT2D eigenvalue weighted by Gasteiger charge is 2.10. The summed E-state index contributed by atoms with van der Waals surface area (Å²) in [5, 5.41) is 11.9. The smallest absolute Gasteiger partial charge is 0.0931 e. The average Bonchev–Trinajstić information content (AvgIpc) is 2.23. The highest BCUT2D eigenvalue weighted by Crippen LogP contribution is 2.14. The first-order chi connectivity index (χ1) is 7.34. The molecule has 0 aromatic heterocycles. The fraction of sp³-hybridized carbons (Fsp3) is 0.750. The Labute approximate surface area is 97.0 Å². The van der Waals surface area contributed by atoms with Gasteiger partial charge in [-0.3, -0.25) is 0 Å². The van der Waals surface area contributed by atoms with Crippen molar-refractivity contribution in [3.63, 3.8) is 0 Å². The van der Waals surface area contributed by atoms with Gasteiger partial charge in [0, 0.05) is 0 Å². The van der Waals surface area contributed by atoms with Gasteiger partial charge < -0.3 is 5.21 Å². The zero-order valence-electron chi connectivity index (χ0n) is 9.16. The van der Waals surface area contributed by atoms with Gasteiger partial charge in [0.15, 0.2) is 0 Å². The monoisotopic (exact) mass is 229 g/mol. The summed E-state index contributed by atoms with van der Waals surface area (Å²) < 4.78 is 0. The van der Waals surface area contributed by atoms with Gasteiger partial charge in [0.25, 0.3) is 0 Å². The first-order valence-corrected chi connectivity index (χ1v) is 6.30. The second kappa shape index (κ2) is 7.75. The van der Waals surface area contributed by atoms with E-state index in [4.69, 9.17) is 16.8 Å². The van der Waals surface area contributed by atoms with E-state index >= 15 is 0 Å². The van der Waals surface area contributed by atoms with Gasteiger partial charge in [0.2, 0.25) is 0 Å². The Kier molecular flexibility index (Phi) is 6.49. The van der Waals surface area contributed by atoms with Crippen molar-refractivity contribution in [1.82, 2.24) is 0 Å². The second-order valence-electron chi connectivity index (χ2n) is 4.08. The van der Waals surface area contributed by atoms with Crippen LogP contribution in [0.1, 0.15) is 51.4 Å². The summed E-state index contributed by atoms with van der Waals surface area (Å²) in [5.74, 6) is 0. The Bertz CT molecular complexity index is 226. The Morgan fingerprint density at radius 2 is 1.80 bits per heavy atom. The predicted molar refractivity (Wildman–Crippen MR) is 64.9 cm³/mol. The van der Waals surface area contributed by atoms with Crippen molar-refractivity contribution in [2.24, 2.45) is 5.16 Å². The molecule has 0 fully saturated rings. The molecule has 1 aliphatic carbocycles. The van der Waals surface area contributed by atoms with Crippen LogP contribution < -0.4 is 0 Å². The molecular formula is C12H20ClNO. The lowest BCUT2D eigenvalue weighted by Crippen LogP contribution is -2.12. The van der Waals surface area contributed by atoms with Crippen LogP contribution in [0.2, 0.25) is 0 Å². The minimum absolute atomic E-state index is 0.227. The van der Waals surface area contributed by atoms with E-state index in [1.165, 1.54) is 32.1 Å². The normalized spacial score (nSPS) is 28.3. The third kappa shape index (κ3) is 5.22. The number of oxime groups is 1. The molecule has 1 unspecified atom stereocenters. The van der Waals surface area contributed by atoms with Crippen LogP contribution in [0.3, 0.4) is 0 Å².